The predicted molar refractivity (Wildman–Crippen MR) is 111 cm³/mol. The summed E-state index contributed by atoms with van der Waals surface area (Å²) in [4.78, 5) is 14.5. The summed E-state index contributed by atoms with van der Waals surface area (Å²) in [7, 11) is 0. The molecule has 1 saturated heterocycles. The maximum Gasteiger partial charge on any atom is 0.407 e. The number of likely N-dealkylation sites (tertiary alicyclic amines) is 1. The molecule has 1 aromatic carbocycles. The number of rotatable bonds is 4. The van der Waals surface area contributed by atoms with Gasteiger partial charge in [-0.3, -0.25) is 4.90 Å². The Bertz CT molecular complexity index is 843. The smallest absolute Gasteiger partial charge is 0.407 e. The monoisotopic (exact) mass is 394 g/mol. The lowest BCUT2D eigenvalue weighted by atomic mass is 9.53. The van der Waals surface area contributed by atoms with Crippen molar-refractivity contribution in [1.29, 1.82) is 0 Å². The molecule has 2 aliphatic carbocycles. The molecule has 29 heavy (non-hydrogen) atoms. The van der Waals surface area contributed by atoms with Crippen LogP contribution in [0.25, 0.3) is 0 Å². The molecule has 2 heterocycles. The third-order valence-electron chi connectivity index (χ3n) is 6.88. The van der Waals surface area contributed by atoms with Gasteiger partial charge in [0.2, 0.25) is 0 Å². The molecular formula is C24H30N2O3. The third-order valence-corrected chi connectivity index (χ3v) is 6.88. The van der Waals surface area contributed by atoms with E-state index in [1.54, 1.807) is 0 Å². The van der Waals surface area contributed by atoms with Crippen molar-refractivity contribution in [3.63, 3.8) is 0 Å². The van der Waals surface area contributed by atoms with Crippen molar-refractivity contribution in [3.05, 3.63) is 47.9 Å². The summed E-state index contributed by atoms with van der Waals surface area (Å²) >= 11 is 0. The minimum Gasteiger partial charge on any atom is -0.488 e. The van der Waals surface area contributed by atoms with E-state index in [2.05, 4.69) is 40.9 Å². The molecule has 5 rings (SSSR count). The van der Waals surface area contributed by atoms with Crippen LogP contribution in [0.4, 0.5) is 4.79 Å². The normalized spacial score (nSPS) is 31.8. The molecule has 5 heteroatoms. The van der Waals surface area contributed by atoms with Crippen LogP contribution >= 0.6 is 0 Å². The average molecular weight is 395 g/mol. The zero-order valence-corrected chi connectivity index (χ0v) is 17.5. The number of carbonyl (C=O) groups is 1. The van der Waals surface area contributed by atoms with Crippen molar-refractivity contribution in [3.8, 4) is 5.75 Å². The molecule has 0 aromatic heterocycles. The summed E-state index contributed by atoms with van der Waals surface area (Å²) in [5, 5.41) is 2.89. The number of alkyl carbamates (subject to hydrolysis) is 1. The predicted octanol–water partition coefficient (Wildman–Crippen LogP) is 3.42. The van der Waals surface area contributed by atoms with Crippen LogP contribution in [0.15, 0.2) is 24.3 Å². The number of piperidine rings is 1. The Morgan fingerprint density at radius 2 is 2.31 bits per heavy atom. The van der Waals surface area contributed by atoms with Gasteiger partial charge >= 0.3 is 6.09 Å². The lowest BCUT2D eigenvalue weighted by Crippen LogP contribution is -2.63. The van der Waals surface area contributed by atoms with E-state index < -0.39 is 5.60 Å². The van der Waals surface area contributed by atoms with Crippen LogP contribution in [0.1, 0.15) is 44.7 Å². The van der Waals surface area contributed by atoms with Gasteiger partial charge in [-0.1, -0.05) is 24.3 Å². The van der Waals surface area contributed by atoms with Crippen molar-refractivity contribution >= 4 is 6.09 Å². The van der Waals surface area contributed by atoms with Crippen molar-refractivity contribution in [1.82, 2.24) is 10.2 Å². The van der Waals surface area contributed by atoms with E-state index in [1.165, 1.54) is 11.1 Å². The second kappa shape index (κ2) is 6.76. The Labute approximate surface area is 173 Å². The summed E-state index contributed by atoms with van der Waals surface area (Å²) in [5.74, 6) is 1.46. The number of amides is 1. The molecular weight excluding hydrogens is 364 g/mol. The van der Waals surface area contributed by atoms with Gasteiger partial charge in [-0.25, -0.2) is 4.79 Å². The van der Waals surface area contributed by atoms with Gasteiger partial charge in [0.25, 0.3) is 0 Å². The molecule has 1 N–H and O–H groups in total. The van der Waals surface area contributed by atoms with Crippen molar-refractivity contribution in [2.45, 2.75) is 63.2 Å². The average Bonchev–Trinajstić information content (AvgIpc) is 2.98. The molecule has 2 aliphatic heterocycles. The maximum atomic E-state index is 11.9. The molecule has 1 fully saturated rings. The van der Waals surface area contributed by atoms with Crippen LogP contribution in [0, 0.1) is 18.4 Å². The van der Waals surface area contributed by atoms with Crippen LogP contribution in [-0.4, -0.2) is 48.4 Å². The molecule has 1 amide bonds. The van der Waals surface area contributed by atoms with E-state index in [1.807, 2.05) is 26.8 Å². The van der Waals surface area contributed by atoms with Gasteiger partial charge in [0.05, 0.1) is 0 Å². The maximum absolute atomic E-state index is 11.9. The zero-order chi connectivity index (χ0) is 20.2. The highest BCUT2D eigenvalue weighted by atomic mass is 16.6. The number of hydrogen-bond acceptors (Lipinski definition) is 4. The third kappa shape index (κ3) is 3.05. The lowest BCUT2D eigenvalue weighted by Gasteiger charge is -2.56. The molecule has 154 valence electrons. The highest BCUT2D eigenvalue weighted by Gasteiger charge is 2.61. The van der Waals surface area contributed by atoms with Crippen LogP contribution in [0.2, 0.25) is 0 Å². The molecule has 1 spiro atoms. The highest BCUT2D eigenvalue weighted by Crippen LogP contribution is 2.60. The first-order valence-corrected chi connectivity index (χ1v) is 10.8. The van der Waals surface area contributed by atoms with E-state index in [9.17, 15) is 4.79 Å². The molecule has 1 unspecified atom stereocenters. The molecule has 2 radical (unpaired) electrons. The topological polar surface area (TPSA) is 50.8 Å². The van der Waals surface area contributed by atoms with Gasteiger partial charge in [-0.05, 0) is 52.1 Å². The number of hydrogen-bond donors (Lipinski definition) is 1. The van der Waals surface area contributed by atoms with E-state index >= 15 is 0 Å². The zero-order valence-electron chi connectivity index (χ0n) is 17.5. The SMILES string of the molecule is CC(C)(C)OC(=O)NCCCN1CC[C@@]23c4c5[c]ccc4CC1[C@@H]2C=C[CH][C@H]3O5. The minimum atomic E-state index is -0.457. The molecule has 1 aromatic rings. The fourth-order valence-corrected chi connectivity index (χ4v) is 5.86. The number of carbonyl (C=O) groups excluding carboxylic acids is 1. The summed E-state index contributed by atoms with van der Waals surface area (Å²) in [6, 6.07) is 8.08. The molecule has 4 aliphatic rings. The summed E-state index contributed by atoms with van der Waals surface area (Å²) in [6.45, 7) is 8.35. The van der Waals surface area contributed by atoms with E-state index in [-0.39, 0.29) is 17.6 Å². The minimum absolute atomic E-state index is 0.0886. The highest BCUT2D eigenvalue weighted by molar-refractivity contribution is 5.67. The summed E-state index contributed by atoms with van der Waals surface area (Å²) in [5.41, 5.74) is 2.49. The summed E-state index contributed by atoms with van der Waals surface area (Å²) in [6.07, 6.45) is 9.74. The van der Waals surface area contributed by atoms with Gasteiger partial charge in [0.15, 0.2) is 0 Å². The second-order valence-corrected chi connectivity index (χ2v) is 9.73. The Morgan fingerprint density at radius 1 is 1.45 bits per heavy atom. The Balaban J connectivity index is 1.28. The van der Waals surface area contributed by atoms with Crippen molar-refractivity contribution in [2.24, 2.45) is 5.92 Å². The van der Waals surface area contributed by atoms with Crippen LogP contribution in [0.5, 0.6) is 5.75 Å². The molecule has 0 saturated carbocycles. The van der Waals surface area contributed by atoms with E-state index in [0.29, 0.717) is 18.5 Å². The fraction of sp³-hybridized carbons (Fsp3) is 0.583. The molecule has 4 atom stereocenters. The second-order valence-electron chi connectivity index (χ2n) is 9.73. The number of nitrogens with zero attached hydrogens (tertiary/aromatic N) is 1. The standard InChI is InChI=1S/C24H30N2O3/c1-23(2,3)29-22(27)25-12-6-13-26-14-11-24-17-8-5-10-20(24)28-19-9-4-7-16(21(19)24)15-18(17)26/h4-5,7-8,10,17-18,20H,6,11-15H2,1-3H3,(H,25,27)/t17-,18?,20+,24+/m0/s1. The van der Waals surface area contributed by atoms with Gasteiger partial charge in [-0.2, -0.15) is 0 Å². The molecule has 5 nitrogen and oxygen atoms in total. The van der Waals surface area contributed by atoms with Crippen LogP contribution in [-0.2, 0) is 16.6 Å². The first kappa shape index (κ1) is 19.0. The Hall–Kier alpha value is -2.01. The number of benzene rings is 1. The molecule has 2 bridgehead atoms. The Morgan fingerprint density at radius 3 is 3.14 bits per heavy atom. The van der Waals surface area contributed by atoms with Crippen LogP contribution in [0.3, 0.4) is 0 Å². The van der Waals surface area contributed by atoms with Crippen LogP contribution < -0.4 is 10.1 Å². The number of ether oxygens (including phenoxy) is 2. The summed E-state index contributed by atoms with van der Waals surface area (Å²) < 4.78 is 11.7. The first-order valence-electron chi connectivity index (χ1n) is 10.8. The van der Waals surface area contributed by atoms with E-state index in [4.69, 9.17) is 9.47 Å². The number of nitrogens with one attached hydrogen (secondary N) is 1. The lowest BCUT2D eigenvalue weighted by molar-refractivity contribution is 0.00182. The van der Waals surface area contributed by atoms with Gasteiger partial charge < -0.3 is 14.8 Å². The van der Waals surface area contributed by atoms with Gasteiger partial charge in [0, 0.05) is 48.5 Å². The van der Waals surface area contributed by atoms with E-state index in [0.717, 1.165) is 38.1 Å². The van der Waals surface area contributed by atoms with Crippen molar-refractivity contribution < 1.29 is 14.3 Å². The van der Waals surface area contributed by atoms with Gasteiger partial charge in [0.1, 0.15) is 17.5 Å². The largest absolute Gasteiger partial charge is 0.488 e. The quantitative estimate of drug-likeness (QED) is 0.795. The Kier molecular flexibility index (Phi) is 4.43. The fourth-order valence-electron chi connectivity index (χ4n) is 5.86. The van der Waals surface area contributed by atoms with Gasteiger partial charge in [-0.15, -0.1) is 0 Å². The first-order chi connectivity index (χ1) is 13.9. The van der Waals surface area contributed by atoms with Crippen molar-refractivity contribution in [2.75, 3.05) is 19.6 Å².